The van der Waals surface area contributed by atoms with Crippen LogP contribution in [-0.4, -0.2) is 19.6 Å². The second-order valence-electron chi connectivity index (χ2n) is 5.01. The zero-order valence-corrected chi connectivity index (χ0v) is 15.1. The number of hydrogen-bond acceptors (Lipinski definition) is 1. The smallest absolute Gasteiger partial charge is 1.00 e. The molecule has 2 aliphatic carbocycles. The van der Waals surface area contributed by atoms with E-state index in [0.717, 1.165) is 6.04 Å². The Kier molecular flexibility index (Phi) is 9.08. The Hall–Kier alpha value is 0.661. The van der Waals surface area contributed by atoms with Crippen LogP contribution in [0.5, 0.6) is 0 Å². The van der Waals surface area contributed by atoms with Crippen LogP contribution < -0.4 is 30.1 Å². The Morgan fingerprint density at radius 1 is 1.11 bits per heavy atom. The maximum atomic E-state index is 3.74. The van der Waals surface area contributed by atoms with Gasteiger partial charge in [0.15, 0.2) is 0 Å². The molecule has 0 aliphatic heterocycles. The molecule has 1 fully saturated rings. The molecule has 1 saturated carbocycles. The Bertz CT molecular complexity index is 367. The fraction of sp³-hybridized carbons (Fsp3) is 0.615. The SMILES string of the molecule is C[Si](C)=C1C=CC(NC2CCCCC2)=[C]1[Ti+2].[Cl-].[Cl-]. The van der Waals surface area contributed by atoms with E-state index in [1.807, 2.05) is 0 Å². The third-order valence-electron chi connectivity index (χ3n) is 3.46. The molecule has 0 heterocycles. The minimum absolute atomic E-state index is 0. The molecule has 0 aromatic heterocycles. The van der Waals surface area contributed by atoms with Gasteiger partial charge in [0.1, 0.15) is 0 Å². The topological polar surface area (TPSA) is 12.0 Å². The van der Waals surface area contributed by atoms with Gasteiger partial charge in [0.05, 0.1) is 0 Å². The molecule has 0 amide bonds. The standard InChI is InChI=1S/C13H20NSi.2ClH.Ti/c1-15(2)13-9-8-12(10-13)14-11-6-4-3-5-7-11;;;/h8-9,11,14H,3-7H2,1-2H3;2*1H;/q;;;+2/p-2. The van der Waals surface area contributed by atoms with Crippen molar-refractivity contribution in [1.82, 2.24) is 5.32 Å². The van der Waals surface area contributed by atoms with E-state index in [-0.39, 0.29) is 33.2 Å². The number of rotatable bonds is 2. The Balaban J connectivity index is 0.00000144. The molecular formula is C13H20Cl2NSiTi. The van der Waals surface area contributed by atoms with Gasteiger partial charge in [-0.1, -0.05) is 0 Å². The van der Waals surface area contributed by atoms with Gasteiger partial charge in [-0.15, -0.1) is 0 Å². The molecule has 0 aromatic carbocycles. The average molecular weight is 337 g/mol. The first-order valence-corrected chi connectivity index (χ1v) is 9.55. The molecule has 0 saturated heterocycles. The Labute approximate surface area is 136 Å². The summed E-state index contributed by atoms with van der Waals surface area (Å²) in [5.41, 5.74) is 1.40. The van der Waals surface area contributed by atoms with Gasteiger partial charge in [-0.3, -0.25) is 0 Å². The summed E-state index contributed by atoms with van der Waals surface area (Å²) in [6.07, 6.45) is 11.6. The molecule has 2 rings (SSSR count). The largest absolute Gasteiger partial charge is 1.00 e. The van der Waals surface area contributed by atoms with Crippen molar-refractivity contribution in [2.45, 2.75) is 51.2 Å². The molecule has 0 atom stereocenters. The Morgan fingerprint density at radius 3 is 2.22 bits per heavy atom. The summed E-state index contributed by atoms with van der Waals surface area (Å²) < 4.78 is 1.50. The van der Waals surface area contributed by atoms with Gasteiger partial charge in [-0.25, -0.2) is 0 Å². The summed E-state index contributed by atoms with van der Waals surface area (Å²) >= 11 is 2.28. The van der Waals surface area contributed by atoms with Crippen LogP contribution in [0, 0.1) is 0 Å². The van der Waals surface area contributed by atoms with Crippen LogP contribution in [0.25, 0.3) is 0 Å². The predicted octanol–water partition coefficient (Wildman–Crippen LogP) is -3.25. The van der Waals surface area contributed by atoms with Crippen molar-refractivity contribution >= 4 is 13.6 Å². The fourth-order valence-electron chi connectivity index (χ4n) is 2.48. The van der Waals surface area contributed by atoms with Crippen molar-refractivity contribution in [3.05, 3.63) is 21.7 Å². The maximum Gasteiger partial charge on any atom is -1.00 e. The van der Waals surface area contributed by atoms with E-state index in [9.17, 15) is 0 Å². The Morgan fingerprint density at radius 2 is 1.72 bits per heavy atom. The number of hydrogen-bond donors (Lipinski definition) is 1. The van der Waals surface area contributed by atoms with E-state index >= 15 is 0 Å². The van der Waals surface area contributed by atoms with Crippen LogP contribution >= 0.6 is 0 Å². The van der Waals surface area contributed by atoms with Gasteiger partial charge in [0.2, 0.25) is 0 Å². The first-order valence-electron chi connectivity index (χ1n) is 6.27. The molecule has 0 radical (unpaired) electrons. The van der Waals surface area contributed by atoms with E-state index in [1.165, 1.54) is 41.7 Å². The minimum atomic E-state index is -0.301. The van der Waals surface area contributed by atoms with Gasteiger partial charge < -0.3 is 24.8 Å². The molecule has 0 aromatic rings. The zero-order chi connectivity index (χ0) is 11.5. The summed E-state index contributed by atoms with van der Waals surface area (Å²) in [7, 11) is -0.301. The number of nitrogens with one attached hydrogen (secondary N) is 1. The fourth-order valence-corrected chi connectivity index (χ4v) is 5.08. The van der Waals surface area contributed by atoms with Gasteiger partial charge in [-0.2, -0.15) is 0 Å². The van der Waals surface area contributed by atoms with Crippen molar-refractivity contribution in [3.8, 4) is 0 Å². The van der Waals surface area contributed by atoms with Crippen LogP contribution in [0.15, 0.2) is 21.7 Å². The van der Waals surface area contributed by atoms with E-state index in [2.05, 4.69) is 51.0 Å². The second-order valence-corrected chi connectivity index (χ2v) is 8.33. The summed E-state index contributed by atoms with van der Waals surface area (Å²) in [6, 6.07) is 0.729. The molecule has 5 heteroatoms. The number of halogens is 2. The molecule has 18 heavy (non-hydrogen) atoms. The molecule has 1 nitrogen and oxygen atoms in total. The first kappa shape index (κ1) is 18.7. The third-order valence-corrected chi connectivity index (χ3v) is 6.18. The summed E-state index contributed by atoms with van der Waals surface area (Å²) in [6.45, 7) is 4.74. The van der Waals surface area contributed by atoms with E-state index in [1.54, 1.807) is 5.17 Å². The van der Waals surface area contributed by atoms with E-state index in [0.29, 0.717) is 0 Å². The molecule has 2 aliphatic rings. The summed E-state index contributed by atoms with van der Waals surface area (Å²) in [4.78, 5) is 0. The van der Waals surface area contributed by atoms with E-state index in [4.69, 9.17) is 0 Å². The van der Waals surface area contributed by atoms with Crippen LogP contribution in [0.3, 0.4) is 0 Å². The van der Waals surface area contributed by atoms with Crippen molar-refractivity contribution in [2.24, 2.45) is 0 Å². The van der Waals surface area contributed by atoms with Crippen LogP contribution in [0.2, 0.25) is 13.1 Å². The molecule has 0 spiro atoms. The molecule has 1 N–H and O–H groups in total. The van der Waals surface area contributed by atoms with Gasteiger partial charge >= 0.3 is 112 Å². The van der Waals surface area contributed by atoms with Gasteiger partial charge in [0, 0.05) is 0 Å². The summed E-state index contributed by atoms with van der Waals surface area (Å²) in [5, 5.41) is 5.34. The van der Waals surface area contributed by atoms with E-state index < -0.39 is 0 Å². The second kappa shape index (κ2) is 8.76. The third kappa shape index (κ3) is 4.64. The maximum absolute atomic E-state index is 3.74. The normalized spacial score (nSPS) is 19.4. The summed E-state index contributed by atoms with van der Waals surface area (Å²) in [5.74, 6) is 0. The van der Waals surface area contributed by atoms with Crippen molar-refractivity contribution in [2.75, 3.05) is 0 Å². The van der Waals surface area contributed by atoms with Crippen LogP contribution in [0.1, 0.15) is 32.1 Å². The first-order chi connectivity index (χ1) is 7.68. The van der Waals surface area contributed by atoms with Gasteiger partial charge in [-0.05, 0) is 0 Å². The monoisotopic (exact) mass is 336 g/mol. The molecule has 0 bridgehead atoms. The quantitative estimate of drug-likeness (QED) is 0.522. The molecular weight excluding hydrogens is 317 g/mol. The van der Waals surface area contributed by atoms with Crippen molar-refractivity contribution in [1.29, 1.82) is 0 Å². The molecule has 0 unspecified atom stereocenters. The average Bonchev–Trinajstić information content (AvgIpc) is 2.62. The van der Waals surface area contributed by atoms with Crippen molar-refractivity contribution < 1.29 is 45.2 Å². The van der Waals surface area contributed by atoms with Crippen molar-refractivity contribution in [3.63, 3.8) is 0 Å². The van der Waals surface area contributed by atoms with Gasteiger partial charge in [0.25, 0.3) is 0 Å². The molecule has 99 valence electrons. The zero-order valence-electron chi connectivity index (χ0n) is 11.0. The number of allylic oxidation sites excluding steroid dienone is 3. The van der Waals surface area contributed by atoms with Crippen LogP contribution in [0.4, 0.5) is 0 Å². The van der Waals surface area contributed by atoms with Crippen LogP contribution in [-0.2, 0) is 20.4 Å². The minimum Gasteiger partial charge on any atom is -1.00 e. The predicted molar refractivity (Wildman–Crippen MR) is 68.7 cm³/mol.